The number of carbonyl (C=O) groups excluding carboxylic acids is 1. The van der Waals surface area contributed by atoms with Gasteiger partial charge in [0, 0.05) is 23.7 Å². The lowest BCUT2D eigenvalue weighted by Gasteiger charge is -2.19. The van der Waals surface area contributed by atoms with Crippen LogP contribution < -0.4 is 5.32 Å². The Bertz CT molecular complexity index is 1070. The number of ether oxygens (including phenoxy) is 1. The van der Waals surface area contributed by atoms with E-state index in [0.717, 1.165) is 12.1 Å². The summed E-state index contributed by atoms with van der Waals surface area (Å²) in [6.07, 6.45) is -0.264. The minimum absolute atomic E-state index is 0.170. The molecule has 1 amide bonds. The second-order valence-electron chi connectivity index (χ2n) is 7.68. The van der Waals surface area contributed by atoms with Crippen molar-refractivity contribution >= 4 is 29.2 Å². The fourth-order valence-electron chi connectivity index (χ4n) is 2.56. The molecule has 3 aromatic rings. The summed E-state index contributed by atoms with van der Waals surface area (Å²) in [4.78, 5) is 16.4. The summed E-state index contributed by atoms with van der Waals surface area (Å²) in [5, 5.41) is 7.27. The van der Waals surface area contributed by atoms with Crippen molar-refractivity contribution in [3.05, 3.63) is 47.4 Å². The number of halogens is 3. The molecule has 2 heterocycles. The number of rotatable bonds is 5. The number of alkyl carbamates (subject to hydrolysis) is 1. The number of hydrogen-bond acceptors (Lipinski definition) is 6. The van der Waals surface area contributed by atoms with Crippen molar-refractivity contribution in [2.24, 2.45) is 7.05 Å². The maximum Gasteiger partial charge on any atom is 0.416 e. The van der Waals surface area contributed by atoms with Crippen LogP contribution in [0.15, 0.2) is 45.9 Å². The highest BCUT2D eigenvalue weighted by Gasteiger charge is 2.31. The maximum atomic E-state index is 13.4. The van der Waals surface area contributed by atoms with Crippen LogP contribution in [0.3, 0.4) is 0 Å². The van der Waals surface area contributed by atoms with Crippen LogP contribution in [0, 0.1) is 0 Å². The van der Waals surface area contributed by atoms with E-state index in [9.17, 15) is 18.0 Å². The van der Waals surface area contributed by atoms with Gasteiger partial charge in [0.15, 0.2) is 0 Å². The largest absolute Gasteiger partial charge is 0.444 e. The van der Waals surface area contributed by atoms with Crippen LogP contribution in [-0.2, 0) is 24.5 Å². The molecule has 0 aliphatic rings. The van der Waals surface area contributed by atoms with Crippen molar-refractivity contribution in [1.82, 2.24) is 20.1 Å². The second kappa shape index (κ2) is 8.91. The molecule has 2 aromatic heterocycles. The fraction of sp³-hybridized carbons (Fsp3) is 0.350. The van der Waals surface area contributed by atoms with Crippen molar-refractivity contribution in [1.29, 1.82) is 0 Å². The van der Waals surface area contributed by atoms with Gasteiger partial charge in [0.2, 0.25) is 0 Å². The molecule has 1 aromatic carbocycles. The Morgan fingerprint density at radius 1 is 1.19 bits per heavy atom. The van der Waals surface area contributed by atoms with Crippen molar-refractivity contribution in [3.8, 4) is 11.1 Å². The van der Waals surface area contributed by atoms with Crippen LogP contribution >= 0.6 is 23.1 Å². The summed E-state index contributed by atoms with van der Waals surface area (Å²) in [5.74, 6) is 0. The van der Waals surface area contributed by atoms with Crippen molar-refractivity contribution in [3.63, 3.8) is 0 Å². The number of amides is 1. The molecule has 0 saturated carbocycles. The number of aryl methyl sites for hydroxylation is 1. The maximum absolute atomic E-state index is 13.4. The van der Waals surface area contributed by atoms with Crippen molar-refractivity contribution in [2.75, 3.05) is 0 Å². The minimum atomic E-state index is -4.47. The lowest BCUT2D eigenvalue weighted by molar-refractivity contribution is -0.137. The highest BCUT2D eigenvalue weighted by molar-refractivity contribution is 8.01. The molecule has 0 saturated heterocycles. The van der Waals surface area contributed by atoms with E-state index >= 15 is 0 Å². The third kappa shape index (κ3) is 6.73. The Morgan fingerprint density at radius 2 is 1.94 bits per heavy atom. The van der Waals surface area contributed by atoms with Gasteiger partial charge in [-0.15, -0.1) is 11.3 Å². The lowest BCUT2D eigenvalue weighted by atomic mass is 10.1. The van der Waals surface area contributed by atoms with Gasteiger partial charge in [-0.2, -0.15) is 18.3 Å². The number of nitrogens with zero attached hydrogens (tertiary/aromatic N) is 3. The third-order valence-corrected chi connectivity index (χ3v) is 5.88. The van der Waals surface area contributed by atoms with E-state index in [1.54, 1.807) is 46.3 Å². The van der Waals surface area contributed by atoms with E-state index in [0.29, 0.717) is 25.2 Å². The van der Waals surface area contributed by atoms with Gasteiger partial charge in [0.05, 0.1) is 28.7 Å². The lowest BCUT2D eigenvalue weighted by Crippen LogP contribution is -2.32. The monoisotopic (exact) mass is 470 g/mol. The van der Waals surface area contributed by atoms with Crippen LogP contribution in [0.25, 0.3) is 11.1 Å². The molecule has 6 nitrogen and oxygen atoms in total. The summed E-state index contributed by atoms with van der Waals surface area (Å²) in [5.41, 5.74) is -0.305. The standard InChI is InChI=1S/C20H21F3N4O2S2/c1-19(2,3)29-18(28)25-9-16-24-10-17(31-16)30-15-6-12(13-8-26-27(4)11-13)5-14(7-15)20(21,22)23/h5-8,10-11H,9H2,1-4H3,(H,25,28). The molecule has 31 heavy (non-hydrogen) atoms. The molecular formula is C20H21F3N4O2S2. The molecule has 0 radical (unpaired) electrons. The van der Waals surface area contributed by atoms with E-state index in [1.165, 1.54) is 34.0 Å². The molecule has 166 valence electrons. The summed E-state index contributed by atoms with van der Waals surface area (Å²) >= 11 is 2.47. The number of carbonyl (C=O) groups is 1. The Kier molecular flexibility index (Phi) is 6.65. The van der Waals surface area contributed by atoms with Gasteiger partial charge in [-0.25, -0.2) is 9.78 Å². The van der Waals surface area contributed by atoms with Crippen molar-refractivity contribution < 1.29 is 22.7 Å². The van der Waals surface area contributed by atoms with E-state index < -0.39 is 23.4 Å². The summed E-state index contributed by atoms with van der Waals surface area (Å²) in [7, 11) is 1.71. The zero-order valence-electron chi connectivity index (χ0n) is 17.3. The molecule has 11 heteroatoms. The smallest absolute Gasteiger partial charge is 0.416 e. The Labute approximate surface area is 185 Å². The van der Waals surface area contributed by atoms with Crippen LogP contribution in [0.5, 0.6) is 0 Å². The first-order valence-electron chi connectivity index (χ1n) is 9.20. The van der Waals surface area contributed by atoms with Gasteiger partial charge in [-0.05, 0) is 44.5 Å². The number of thiazole rings is 1. The predicted molar refractivity (Wildman–Crippen MR) is 113 cm³/mol. The number of alkyl halides is 3. The molecule has 0 fully saturated rings. The van der Waals surface area contributed by atoms with E-state index in [4.69, 9.17) is 4.74 Å². The second-order valence-corrected chi connectivity index (χ2v) is 10.2. The SMILES string of the molecule is Cn1cc(-c2cc(Sc3cnc(CNC(=O)OC(C)(C)C)s3)cc(C(F)(F)F)c2)cn1. The number of benzene rings is 1. The van der Waals surface area contributed by atoms with Gasteiger partial charge in [-0.1, -0.05) is 11.8 Å². The van der Waals surface area contributed by atoms with Gasteiger partial charge in [0.25, 0.3) is 0 Å². The van der Waals surface area contributed by atoms with Gasteiger partial charge >= 0.3 is 12.3 Å². The quantitative estimate of drug-likeness (QED) is 0.515. The molecule has 3 rings (SSSR count). The average Bonchev–Trinajstić information content (AvgIpc) is 3.26. The minimum Gasteiger partial charge on any atom is -0.444 e. The van der Waals surface area contributed by atoms with Crippen LogP contribution in [0.1, 0.15) is 31.3 Å². The number of aromatic nitrogens is 3. The fourth-order valence-corrected chi connectivity index (χ4v) is 4.60. The molecule has 0 unspecified atom stereocenters. The van der Waals surface area contributed by atoms with Gasteiger partial charge in [0.1, 0.15) is 10.6 Å². The highest BCUT2D eigenvalue weighted by atomic mass is 32.2. The van der Waals surface area contributed by atoms with Crippen LogP contribution in [0.4, 0.5) is 18.0 Å². The summed E-state index contributed by atoms with van der Waals surface area (Å²) < 4.78 is 47.7. The van der Waals surface area contributed by atoms with Crippen LogP contribution in [0.2, 0.25) is 0 Å². The Morgan fingerprint density at radius 3 is 2.55 bits per heavy atom. The van der Waals surface area contributed by atoms with E-state index in [1.807, 2.05) is 0 Å². The molecule has 0 aliphatic heterocycles. The average molecular weight is 471 g/mol. The molecule has 0 atom stereocenters. The molecule has 0 bridgehead atoms. The highest BCUT2D eigenvalue weighted by Crippen LogP contribution is 2.39. The van der Waals surface area contributed by atoms with E-state index in [-0.39, 0.29) is 6.54 Å². The molecule has 0 spiro atoms. The third-order valence-electron chi connectivity index (χ3n) is 3.81. The Hall–Kier alpha value is -2.53. The first-order chi connectivity index (χ1) is 14.4. The first kappa shape index (κ1) is 23.1. The summed E-state index contributed by atoms with van der Waals surface area (Å²) in [6.45, 7) is 5.46. The molecule has 1 N–H and O–H groups in total. The van der Waals surface area contributed by atoms with Gasteiger partial charge < -0.3 is 10.1 Å². The summed E-state index contributed by atoms with van der Waals surface area (Å²) in [6, 6.07) is 3.92. The molecule has 0 aliphatic carbocycles. The number of hydrogen-bond donors (Lipinski definition) is 1. The van der Waals surface area contributed by atoms with Gasteiger partial charge in [-0.3, -0.25) is 4.68 Å². The number of nitrogens with one attached hydrogen (secondary N) is 1. The first-order valence-corrected chi connectivity index (χ1v) is 10.8. The zero-order valence-corrected chi connectivity index (χ0v) is 18.9. The molecular weight excluding hydrogens is 449 g/mol. The predicted octanol–water partition coefficient (Wildman–Crippen LogP) is 5.74. The van der Waals surface area contributed by atoms with E-state index in [2.05, 4.69) is 15.4 Å². The Balaban J connectivity index is 1.76. The van der Waals surface area contributed by atoms with Crippen molar-refractivity contribution in [2.45, 2.75) is 48.2 Å². The topological polar surface area (TPSA) is 69.0 Å². The van der Waals surface area contributed by atoms with Crippen LogP contribution in [-0.4, -0.2) is 26.5 Å². The normalized spacial score (nSPS) is 12.1. The zero-order chi connectivity index (χ0) is 22.8.